The van der Waals surface area contributed by atoms with Gasteiger partial charge < -0.3 is 5.11 Å². The van der Waals surface area contributed by atoms with Gasteiger partial charge >= 0.3 is 0 Å². The Balaban J connectivity index is 1.40. The number of fused-ring (bicyclic) bond motifs is 2. The molecule has 0 spiro atoms. The van der Waals surface area contributed by atoms with Crippen molar-refractivity contribution in [3.05, 3.63) is 87.9 Å². The van der Waals surface area contributed by atoms with Gasteiger partial charge in [0.2, 0.25) is 11.0 Å². The van der Waals surface area contributed by atoms with Crippen LogP contribution in [0.1, 0.15) is 21.1 Å². The highest BCUT2D eigenvalue weighted by Crippen LogP contribution is 2.25. The van der Waals surface area contributed by atoms with Crippen LogP contribution < -0.4 is 9.97 Å². The molecule has 3 N–H and O–H groups in total. The quantitative estimate of drug-likeness (QED) is 0.397. The van der Waals surface area contributed by atoms with E-state index in [1.165, 1.54) is 9.40 Å². The van der Waals surface area contributed by atoms with E-state index >= 15 is 0 Å². The fourth-order valence-electron chi connectivity index (χ4n) is 3.17. The largest absolute Gasteiger partial charge is 0.507 e. The molecule has 0 aliphatic heterocycles. The zero-order valence-electron chi connectivity index (χ0n) is 15.4. The molecule has 29 heavy (non-hydrogen) atoms. The van der Waals surface area contributed by atoms with Crippen molar-refractivity contribution in [2.24, 2.45) is 0 Å². The molecule has 3 aromatic carbocycles. The second-order valence-electron chi connectivity index (χ2n) is 6.66. The fraction of sp³-hybridized carbons (Fsp3) is 0. The Hall–Kier alpha value is -3.28. The third kappa shape index (κ3) is 3.83. The Morgan fingerprint density at radius 3 is 1.86 bits per heavy atom. The SMILES string of the molecule is Oc1ccc(/C=C/c2[nH+]c3ccccc3s2)cc1/C=C/c1[nH+]c2ccccc2s1. The average molecular weight is 415 g/mol. The van der Waals surface area contributed by atoms with Gasteiger partial charge in [0.25, 0.3) is 10.0 Å². The highest BCUT2D eigenvalue weighted by Gasteiger charge is 2.09. The van der Waals surface area contributed by atoms with Gasteiger partial charge in [-0.2, -0.15) is 9.97 Å². The lowest BCUT2D eigenvalue weighted by Gasteiger charge is -2.00. The molecule has 5 rings (SSSR count). The number of para-hydroxylation sites is 2. The van der Waals surface area contributed by atoms with E-state index in [9.17, 15) is 5.11 Å². The molecule has 2 aromatic heterocycles. The van der Waals surface area contributed by atoms with Gasteiger partial charge in [0, 0.05) is 29.8 Å². The van der Waals surface area contributed by atoms with Crippen LogP contribution in [0.2, 0.25) is 0 Å². The average Bonchev–Trinajstić information content (AvgIpc) is 3.35. The van der Waals surface area contributed by atoms with Gasteiger partial charge in [0.1, 0.15) is 15.1 Å². The van der Waals surface area contributed by atoms with Crippen molar-refractivity contribution in [2.75, 3.05) is 0 Å². The zero-order chi connectivity index (χ0) is 19.6. The van der Waals surface area contributed by atoms with Crippen molar-refractivity contribution in [1.82, 2.24) is 0 Å². The number of thiazole rings is 2. The molecule has 0 radical (unpaired) electrons. The summed E-state index contributed by atoms with van der Waals surface area (Å²) >= 11 is 3.42. The molecule has 0 amide bonds. The second-order valence-corrected chi connectivity index (χ2v) is 8.83. The van der Waals surface area contributed by atoms with E-state index < -0.39 is 0 Å². The number of aromatic hydroxyl groups is 1. The maximum absolute atomic E-state index is 10.2. The van der Waals surface area contributed by atoms with Crippen LogP contribution in [0.25, 0.3) is 44.7 Å². The van der Waals surface area contributed by atoms with Gasteiger partial charge in [-0.15, -0.1) is 0 Å². The summed E-state index contributed by atoms with van der Waals surface area (Å²) < 4.78 is 2.45. The van der Waals surface area contributed by atoms with E-state index in [1.807, 2.05) is 48.6 Å². The lowest BCUT2D eigenvalue weighted by atomic mass is 10.1. The highest BCUT2D eigenvalue weighted by molar-refractivity contribution is 7.19. The van der Waals surface area contributed by atoms with Crippen molar-refractivity contribution in [2.45, 2.75) is 0 Å². The molecule has 0 unspecified atom stereocenters. The second kappa shape index (κ2) is 7.62. The molecule has 5 aromatic rings. The molecule has 3 nitrogen and oxygen atoms in total. The van der Waals surface area contributed by atoms with E-state index in [0.717, 1.165) is 32.2 Å². The summed E-state index contributed by atoms with van der Waals surface area (Å²) in [7, 11) is 0. The van der Waals surface area contributed by atoms with E-state index in [4.69, 9.17) is 0 Å². The summed E-state index contributed by atoms with van der Waals surface area (Å²) in [6.07, 6.45) is 8.08. The van der Waals surface area contributed by atoms with Crippen molar-refractivity contribution >= 4 is 67.4 Å². The number of benzene rings is 3. The number of phenols is 1. The number of rotatable bonds is 4. The summed E-state index contributed by atoms with van der Waals surface area (Å²) in [6, 6.07) is 22.1. The normalized spacial score (nSPS) is 12.0. The minimum atomic E-state index is 0.271. The topological polar surface area (TPSA) is 48.5 Å². The van der Waals surface area contributed by atoms with Crippen LogP contribution >= 0.6 is 22.7 Å². The summed E-state index contributed by atoms with van der Waals surface area (Å²) in [5.74, 6) is 0.271. The first-order valence-electron chi connectivity index (χ1n) is 9.25. The molecule has 0 aliphatic carbocycles. The number of H-pyrrole nitrogens is 2. The van der Waals surface area contributed by atoms with E-state index in [-0.39, 0.29) is 5.75 Å². The third-order valence-electron chi connectivity index (χ3n) is 4.62. The maximum Gasteiger partial charge on any atom is 0.261 e. The lowest BCUT2D eigenvalue weighted by molar-refractivity contribution is -0.341. The first-order valence-corrected chi connectivity index (χ1v) is 10.9. The smallest absolute Gasteiger partial charge is 0.261 e. The lowest BCUT2D eigenvalue weighted by Crippen LogP contribution is -2.00. The van der Waals surface area contributed by atoms with Crippen molar-refractivity contribution in [3.8, 4) is 5.75 Å². The van der Waals surface area contributed by atoms with Crippen LogP contribution in [-0.2, 0) is 0 Å². The molecule has 5 heteroatoms. The predicted molar refractivity (Wildman–Crippen MR) is 123 cm³/mol. The Labute approximate surface area is 176 Å². The Kier molecular flexibility index (Phi) is 4.68. The molecule has 2 heterocycles. The van der Waals surface area contributed by atoms with Crippen LogP contribution in [0.15, 0.2) is 66.7 Å². The minimum Gasteiger partial charge on any atom is -0.507 e. The van der Waals surface area contributed by atoms with Crippen LogP contribution in [0.3, 0.4) is 0 Å². The molecule has 0 saturated heterocycles. The minimum absolute atomic E-state index is 0.271. The number of nitrogens with one attached hydrogen (secondary N) is 2. The standard InChI is InChI=1S/C24H16N2OS2/c27-20-12-9-16(10-13-23-25-18-5-1-3-7-21(18)28-23)15-17(20)11-14-24-26-19-6-2-4-8-22(19)29-24/h1-15,27H/p+2/b13-10+,14-11+. The molecule has 0 aliphatic rings. The summed E-state index contributed by atoms with van der Waals surface area (Å²) in [6.45, 7) is 0. The Bertz CT molecular complexity index is 1310. The number of aromatic nitrogens is 2. The molecule has 0 atom stereocenters. The fourth-order valence-corrected chi connectivity index (χ4v) is 4.99. The zero-order valence-corrected chi connectivity index (χ0v) is 17.1. The van der Waals surface area contributed by atoms with Crippen LogP contribution in [-0.4, -0.2) is 5.11 Å². The van der Waals surface area contributed by atoms with Gasteiger partial charge in [0.05, 0.1) is 0 Å². The molecule has 140 valence electrons. The van der Waals surface area contributed by atoms with Gasteiger partial charge in [0.15, 0.2) is 0 Å². The highest BCUT2D eigenvalue weighted by atomic mass is 32.1. The van der Waals surface area contributed by atoms with Crippen LogP contribution in [0.5, 0.6) is 5.75 Å². The summed E-state index contributed by atoms with van der Waals surface area (Å²) in [5.41, 5.74) is 4.09. The van der Waals surface area contributed by atoms with Gasteiger partial charge in [-0.1, -0.05) is 53.0 Å². The predicted octanol–water partition coefficient (Wildman–Crippen LogP) is 5.79. The number of aromatic amines is 2. The van der Waals surface area contributed by atoms with E-state index in [2.05, 4.69) is 46.4 Å². The third-order valence-corrected chi connectivity index (χ3v) is 6.69. The van der Waals surface area contributed by atoms with Gasteiger partial charge in [-0.3, -0.25) is 0 Å². The number of phenolic OH excluding ortho intramolecular Hbond substituents is 1. The van der Waals surface area contributed by atoms with Gasteiger partial charge in [-0.05, 0) is 42.0 Å². The van der Waals surface area contributed by atoms with Crippen LogP contribution in [0.4, 0.5) is 0 Å². The molecule has 0 fully saturated rings. The van der Waals surface area contributed by atoms with E-state index in [0.29, 0.717) is 0 Å². The number of hydrogen-bond acceptors (Lipinski definition) is 3. The maximum atomic E-state index is 10.2. The van der Waals surface area contributed by atoms with Crippen molar-refractivity contribution in [1.29, 1.82) is 0 Å². The molecular weight excluding hydrogens is 396 g/mol. The summed E-state index contributed by atoms with van der Waals surface area (Å²) in [4.78, 5) is 6.81. The van der Waals surface area contributed by atoms with E-state index in [1.54, 1.807) is 28.7 Å². The summed E-state index contributed by atoms with van der Waals surface area (Å²) in [5, 5.41) is 12.4. The van der Waals surface area contributed by atoms with Crippen molar-refractivity contribution in [3.63, 3.8) is 0 Å². The Morgan fingerprint density at radius 2 is 1.24 bits per heavy atom. The Morgan fingerprint density at radius 1 is 0.655 bits per heavy atom. The molecule has 0 bridgehead atoms. The first kappa shape index (κ1) is 17.8. The molecular formula is C24H18N2OS2+2. The van der Waals surface area contributed by atoms with Gasteiger partial charge in [-0.25, -0.2) is 0 Å². The first-order chi connectivity index (χ1) is 14.2. The number of hydrogen-bond donors (Lipinski definition) is 1. The monoisotopic (exact) mass is 414 g/mol. The van der Waals surface area contributed by atoms with Crippen LogP contribution in [0, 0.1) is 0 Å². The van der Waals surface area contributed by atoms with Crippen molar-refractivity contribution < 1.29 is 15.1 Å². The molecule has 0 saturated carbocycles.